The van der Waals surface area contributed by atoms with Crippen LogP contribution in [0.2, 0.25) is 0 Å². The third kappa shape index (κ3) is 3.61. The SMILES string of the molecule is CCC1CCCC(NC(=O)NCC2(O)CCC2)C1. The number of hydrogen-bond donors (Lipinski definition) is 3. The van der Waals surface area contributed by atoms with Crippen molar-refractivity contribution in [1.82, 2.24) is 10.6 Å². The quantitative estimate of drug-likeness (QED) is 0.720. The minimum absolute atomic E-state index is 0.114. The molecule has 0 heterocycles. The van der Waals surface area contributed by atoms with Crippen LogP contribution < -0.4 is 10.6 Å². The van der Waals surface area contributed by atoms with E-state index >= 15 is 0 Å². The first-order valence-corrected chi connectivity index (χ1v) is 7.38. The molecule has 0 aromatic rings. The van der Waals surface area contributed by atoms with Gasteiger partial charge in [0.2, 0.25) is 0 Å². The Bertz CT molecular complexity index is 290. The Morgan fingerprint density at radius 2 is 2.11 bits per heavy atom. The average Bonchev–Trinajstić information content (AvgIpc) is 2.34. The molecule has 0 bridgehead atoms. The molecular weight excluding hydrogens is 228 g/mol. The van der Waals surface area contributed by atoms with E-state index in [2.05, 4.69) is 17.6 Å². The van der Waals surface area contributed by atoms with E-state index in [9.17, 15) is 9.90 Å². The fraction of sp³-hybridized carbons (Fsp3) is 0.929. The monoisotopic (exact) mass is 254 g/mol. The van der Waals surface area contributed by atoms with Crippen LogP contribution in [0.5, 0.6) is 0 Å². The first-order valence-electron chi connectivity index (χ1n) is 7.38. The zero-order chi connectivity index (χ0) is 13.0. The van der Waals surface area contributed by atoms with E-state index in [1.54, 1.807) is 0 Å². The highest BCUT2D eigenvalue weighted by Crippen LogP contribution is 2.30. The molecule has 0 aromatic heterocycles. The van der Waals surface area contributed by atoms with Crippen molar-refractivity contribution < 1.29 is 9.90 Å². The summed E-state index contributed by atoms with van der Waals surface area (Å²) in [5.74, 6) is 0.764. The fourth-order valence-corrected chi connectivity index (χ4v) is 3.04. The van der Waals surface area contributed by atoms with Crippen molar-refractivity contribution >= 4 is 6.03 Å². The maximum absolute atomic E-state index is 11.8. The summed E-state index contributed by atoms with van der Waals surface area (Å²) in [5.41, 5.74) is -0.629. The summed E-state index contributed by atoms with van der Waals surface area (Å²) in [6, 6.07) is 0.205. The van der Waals surface area contributed by atoms with Crippen LogP contribution in [0.1, 0.15) is 58.3 Å². The summed E-state index contributed by atoms with van der Waals surface area (Å²) in [6.45, 7) is 2.61. The van der Waals surface area contributed by atoms with Crippen molar-refractivity contribution in [2.75, 3.05) is 6.54 Å². The first-order chi connectivity index (χ1) is 8.61. The summed E-state index contributed by atoms with van der Waals surface area (Å²) >= 11 is 0. The van der Waals surface area contributed by atoms with Crippen molar-refractivity contribution in [2.24, 2.45) is 5.92 Å². The van der Waals surface area contributed by atoms with Crippen LogP contribution in [0.3, 0.4) is 0 Å². The number of nitrogens with one attached hydrogen (secondary N) is 2. The van der Waals surface area contributed by atoms with Gasteiger partial charge >= 0.3 is 6.03 Å². The maximum atomic E-state index is 11.8. The lowest BCUT2D eigenvalue weighted by Gasteiger charge is -2.37. The molecule has 4 heteroatoms. The van der Waals surface area contributed by atoms with Gasteiger partial charge in [-0.2, -0.15) is 0 Å². The Morgan fingerprint density at radius 1 is 1.33 bits per heavy atom. The third-order valence-electron chi connectivity index (χ3n) is 4.56. The van der Waals surface area contributed by atoms with Crippen LogP contribution in [-0.2, 0) is 0 Å². The Balaban J connectivity index is 1.67. The summed E-state index contributed by atoms with van der Waals surface area (Å²) in [4.78, 5) is 11.8. The molecule has 0 spiro atoms. The molecule has 18 heavy (non-hydrogen) atoms. The Kier molecular flexibility index (Phi) is 4.49. The van der Waals surface area contributed by atoms with Crippen molar-refractivity contribution in [3.05, 3.63) is 0 Å². The summed E-state index contributed by atoms with van der Waals surface area (Å²) < 4.78 is 0. The Labute approximate surface area is 110 Å². The van der Waals surface area contributed by atoms with E-state index in [0.29, 0.717) is 12.6 Å². The lowest BCUT2D eigenvalue weighted by molar-refractivity contribution is -0.0290. The van der Waals surface area contributed by atoms with Crippen LogP contribution in [0.25, 0.3) is 0 Å². The van der Waals surface area contributed by atoms with Gasteiger partial charge in [0.15, 0.2) is 0 Å². The second kappa shape index (κ2) is 5.91. The molecular formula is C14H26N2O2. The zero-order valence-corrected chi connectivity index (χ0v) is 11.4. The molecule has 2 atom stereocenters. The van der Waals surface area contributed by atoms with Gasteiger partial charge in [-0.05, 0) is 38.0 Å². The van der Waals surface area contributed by atoms with E-state index in [1.807, 2.05) is 0 Å². The number of carbonyl (C=O) groups excluding carboxylic acids is 1. The van der Waals surface area contributed by atoms with E-state index in [1.165, 1.54) is 19.3 Å². The van der Waals surface area contributed by atoms with E-state index in [4.69, 9.17) is 0 Å². The third-order valence-corrected chi connectivity index (χ3v) is 4.56. The second-order valence-corrected chi connectivity index (χ2v) is 6.04. The van der Waals surface area contributed by atoms with E-state index < -0.39 is 5.60 Å². The fourth-order valence-electron chi connectivity index (χ4n) is 3.04. The van der Waals surface area contributed by atoms with Crippen LogP contribution in [-0.4, -0.2) is 29.3 Å². The Hall–Kier alpha value is -0.770. The molecule has 0 aliphatic heterocycles. The summed E-state index contributed by atoms with van der Waals surface area (Å²) in [5, 5.41) is 15.8. The lowest BCUT2D eigenvalue weighted by Crippen LogP contribution is -2.52. The van der Waals surface area contributed by atoms with E-state index in [0.717, 1.165) is 38.0 Å². The van der Waals surface area contributed by atoms with Crippen LogP contribution in [0, 0.1) is 5.92 Å². The highest BCUT2D eigenvalue weighted by Gasteiger charge is 2.34. The second-order valence-electron chi connectivity index (χ2n) is 6.04. The van der Waals surface area contributed by atoms with Gasteiger partial charge in [-0.15, -0.1) is 0 Å². The molecule has 0 radical (unpaired) electrons. The molecule has 0 aromatic carbocycles. The number of amides is 2. The molecule has 2 aliphatic carbocycles. The van der Waals surface area contributed by atoms with Gasteiger partial charge in [-0.25, -0.2) is 4.79 Å². The molecule has 2 unspecified atom stereocenters. The van der Waals surface area contributed by atoms with Crippen LogP contribution in [0.15, 0.2) is 0 Å². The van der Waals surface area contributed by atoms with E-state index in [-0.39, 0.29) is 6.03 Å². The van der Waals surface area contributed by atoms with Gasteiger partial charge in [0.1, 0.15) is 0 Å². The summed E-state index contributed by atoms with van der Waals surface area (Å²) in [6.07, 6.45) is 8.62. The number of rotatable bonds is 4. The summed E-state index contributed by atoms with van der Waals surface area (Å²) in [7, 11) is 0. The zero-order valence-electron chi connectivity index (χ0n) is 11.4. The van der Waals surface area contributed by atoms with Gasteiger partial charge in [0.05, 0.1) is 5.60 Å². The minimum Gasteiger partial charge on any atom is -0.388 e. The van der Waals surface area contributed by atoms with Gasteiger partial charge in [-0.1, -0.05) is 26.2 Å². The highest BCUT2D eigenvalue weighted by molar-refractivity contribution is 5.74. The van der Waals surface area contributed by atoms with Gasteiger partial charge in [0.25, 0.3) is 0 Å². The van der Waals surface area contributed by atoms with Gasteiger partial charge < -0.3 is 15.7 Å². The van der Waals surface area contributed by atoms with Crippen LogP contribution in [0.4, 0.5) is 4.79 Å². The minimum atomic E-state index is -0.629. The van der Waals surface area contributed by atoms with Gasteiger partial charge in [-0.3, -0.25) is 0 Å². The average molecular weight is 254 g/mol. The van der Waals surface area contributed by atoms with Crippen molar-refractivity contribution in [1.29, 1.82) is 0 Å². The largest absolute Gasteiger partial charge is 0.388 e. The number of aliphatic hydroxyl groups is 1. The standard InChI is InChI=1S/C14H26N2O2/c1-2-11-5-3-6-12(9-11)16-13(17)15-10-14(18)7-4-8-14/h11-12,18H,2-10H2,1H3,(H2,15,16,17). The molecule has 104 valence electrons. The topological polar surface area (TPSA) is 61.4 Å². The first kappa shape index (κ1) is 13.7. The normalized spacial score (nSPS) is 30.3. The predicted octanol–water partition coefficient (Wildman–Crippen LogP) is 2.17. The molecule has 2 fully saturated rings. The van der Waals surface area contributed by atoms with Crippen molar-refractivity contribution in [2.45, 2.75) is 69.9 Å². The van der Waals surface area contributed by atoms with Crippen LogP contribution >= 0.6 is 0 Å². The van der Waals surface area contributed by atoms with Crippen molar-refractivity contribution in [3.8, 4) is 0 Å². The number of hydrogen-bond acceptors (Lipinski definition) is 2. The smallest absolute Gasteiger partial charge is 0.315 e. The molecule has 4 nitrogen and oxygen atoms in total. The molecule has 2 amide bonds. The van der Waals surface area contributed by atoms with Crippen molar-refractivity contribution in [3.63, 3.8) is 0 Å². The molecule has 2 rings (SSSR count). The molecule has 2 aliphatic rings. The Morgan fingerprint density at radius 3 is 2.72 bits per heavy atom. The maximum Gasteiger partial charge on any atom is 0.315 e. The number of carbonyl (C=O) groups is 1. The molecule has 3 N–H and O–H groups in total. The lowest BCUT2D eigenvalue weighted by atomic mass is 9.80. The molecule has 2 saturated carbocycles. The van der Waals surface area contributed by atoms with Gasteiger partial charge in [0, 0.05) is 12.6 Å². The number of urea groups is 1. The predicted molar refractivity (Wildman–Crippen MR) is 71.4 cm³/mol. The molecule has 0 saturated heterocycles. The highest BCUT2D eigenvalue weighted by atomic mass is 16.3.